The number of fused-ring (bicyclic) bond motifs is 1. The number of alkyl halides is 1. The molecule has 6 heteroatoms. The first-order valence-corrected chi connectivity index (χ1v) is 8.79. The number of benzene rings is 2. The fourth-order valence-corrected chi connectivity index (χ4v) is 2.91. The van der Waals surface area contributed by atoms with Crippen LogP contribution in [0.5, 0.6) is 11.5 Å². The molecular weight excluding hydrogens is 408 g/mol. The van der Waals surface area contributed by atoms with Crippen molar-refractivity contribution in [2.45, 2.75) is 19.2 Å². The van der Waals surface area contributed by atoms with Crippen LogP contribution in [-0.4, -0.2) is 17.1 Å². The van der Waals surface area contributed by atoms with E-state index < -0.39 is 11.3 Å². The highest BCUT2D eigenvalue weighted by Crippen LogP contribution is 2.38. The van der Waals surface area contributed by atoms with Crippen LogP contribution in [-0.2, 0) is 4.79 Å². The highest BCUT2D eigenvalue weighted by Gasteiger charge is 2.30. The maximum Gasteiger partial charge on any atom is 0.329 e. The molecule has 0 N–H and O–H groups in total. The van der Waals surface area contributed by atoms with Crippen LogP contribution < -0.4 is 9.47 Å². The van der Waals surface area contributed by atoms with Gasteiger partial charge in [-0.3, -0.25) is 9.59 Å². The van der Waals surface area contributed by atoms with E-state index in [2.05, 4.69) is 15.9 Å². The Bertz CT molecular complexity index is 902. The van der Waals surface area contributed by atoms with Crippen LogP contribution in [0, 0.1) is 6.92 Å². The first-order valence-electron chi connectivity index (χ1n) is 7.56. The third-order valence-corrected chi connectivity index (χ3v) is 4.58. The molecule has 25 heavy (non-hydrogen) atoms. The number of carbonyl (C=O) groups is 2. The Morgan fingerprint density at radius 3 is 2.72 bits per heavy atom. The van der Waals surface area contributed by atoms with Crippen molar-refractivity contribution in [2.75, 3.05) is 0 Å². The topological polar surface area (TPSA) is 52.6 Å². The highest BCUT2D eigenvalue weighted by atomic mass is 79.9. The molecular formula is C19H14BrClO4. The van der Waals surface area contributed by atoms with Crippen molar-refractivity contribution in [3.05, 3.63) is 63.3 Å². The largest absolute Gasteiger partial charge is 0.452 e. The molecule has 0 amide bonds. The lowest BCUT2D eigenvalue weighted by atomic mass is 10.0. The summed E-state index contributed by atoms with van der Waals surface area (Å²) in [6.07, 6.45) is 1.68. The standard InChI is InChI=1S/C19H14BrClO4/c1-10-7-13(24-19(23)11(2)21)9-15-17(10)18(22)16(25-15)8-12-5-3-4-6-14(12)20/h3-9,11H,1-2H3/b16-8-. The molecule has 4 nitrogen and oxygen atoms in total. The Balaban J connectivity index is 1.95. The number of halogens is 2. The average Bonchev–Trinajstić information content (AvgIpc) is 2.86. The normalized spacial score (nSPS) is 15.7. The van der Waals surface area contributed by atoms with Crippen LogP contribution in [0.2, 0.25) is 0 Å². The van der Waals surface area contributed by atoms with Gasteiger partial charge < -0.3 is 9.47 Å². The number of esters is 1. The van der Waals surface area contributed by atoms with Gasteiger partial charge in [-0.2, -0.15) is 0 Å². The lowest BCUT2D eigenvalue weighted by molar-refractivity contribution is -0.133. The molecule has 0 saturated carbocycles. The second kappa shape index (κ2) is 7.02. The third-order valence-electron chi connectivity index (χ3n) is 3.68. The molecule has 0 aromatic heterocycles. The second-order valence-electron chi connectivity index (χ2n) is 5.61. The number of ketones is 1. The summed E-state index contributed by atoms with van der Waals surface area (Å²) in [5.74, 6) is 0.123. The van der Waals surface area contributed by atoms with Crippen molar-refractivity contribution < 1.29 is 19.1 Å². The van der Waals surface area contributed by atoms with Gasteiger partial charge in [0.15, 0.2) is 5.76 Å². The summed E-state index contributed by atoms with van der Waals surface area (Å²) in [7, 11) is 0. The van der Waals surface area contributed by atoms with E-state index in [0.29, 0.717) is 22.6 Å². The molecule has 3 rings (SSSR count). The molecule has 2 aromatic carbocycles. The van der Waals surface area contributed by atoms with Gasteiger partial charge in [-0.1, -0.05) is 34.1 Å². The molecule has 1 unspecified atom stereocenters. The maximum atomic E-state index is 12.6. The van der Waals surface area contributed by atoms with Crippen LogP contribution in [0.15, 0.2) is 46.6 Å². The van der Waals surface area contributed by atoms with Crippen molar-refractivity contribution in [1.29, 1.82) is 0 Å². The molecule has 1 atom stereocenters. The van der Waals surface area contributed by atoms with E-state index in [1.54, 1.807) is 19.1 Å². The van der Waals surface area contributed by atoms with Gasteiger partial charge in [-0.25, -0.2) is 0 Å². The predicted molar refractivity (Wildman–Crippen MR) is 99.2 cm³/mol. The third kappa shape index (κ3) is 3.62. The van der Waals surface area contributed by atoms with Gasteiger partial charge in [-0.15, -0.1) is 11.6 Å². The van der Waals surface area contributed by atoms with Gasteiger partial charge in [0.2, 0.25) is 5.78 Å². The molecule has 1 heterocycles. The second-order valence-corrected chi connectivity index (χ2v) is 7.12. The van der Waals surface area contributed by atoms with E-state index in [4.69, 9.17) is 21.1 Å². The van der Waals surface area contributed by atoms with E-state index in [-0.39, 0.29) is 11.5 Å². The van der Waals surface area contributed by atoms with E-state index in [1.165, 1.54) is 13.0 Å². The maximum absolute atomic E-state index is 12.6. The van der Waals surface area contributed by atoms with Gasteiger partial charge in [0.05, 0.1) is 5.56 Å². The number of carbonyl (C=O) groups excluding carboxylic acids is 2. The Kier molecular flexibility index (Phi) is 4.97. The van der Waals surface area contributed by atoms with E-state index in [0.717, 1.165) is 10.0 Å². The fraction of sp³-hybridized carbons (Fsp3) is 0.158. The van der Waals surface area contributed by atoms with Gasteiger partial charge in [0.1, 0.15) is 16.9 Å². The summed E-state index contributed by atoms with van der Waals surface area (Å²) < 4.78 is 11.8. The molecule has 0 aliphatic carbocycles. The van der Waals surface area contributed by atoms with E-state index in [9.17, 15) is 9.59 Å². The van der Waals surface area contributed by atoms with Gasteiger partial charge in [0, 0.05) is 10.5 Å². The minimum atomic E-state index is -0.762. The van der Waals surface area contributed by atoms with Gasteiger partial charge in [0.25, 0.3) is 0 Å². The summed E-state index contributed by atoms with van der Waals surface area (Å²) in [5, 5.41) is -0.762. The van der Waals surface area contributed by atoms with E-state index >= 15 is 0 Å². The molecule has 128 valence electrons. The molecule has 0 spiro atoms. The summed E-state index contributed by atoms with van der Waals surface area (Å²) in [6.45, 7) is 3.30. The van der Waals surface area contributed by atoms with Gasteiger partial charge in [-0.05, 0) is 43.2 Å². The Labute approximate surface area is 158 Å². The van der Waals surface area contributed by atoms with Crippen molar-refractivity contribution in [3.8, 4) is 11.5 Å². The molecule has 1 aliphatic heterocycles. The number of aryl methyl sites for hydroxylation is 1. The lowest BCUT2D eigenvalue weighted by Crippen LogP contribution is -2.17. The number of allylic oxidation sites excluding steroid dienone is 1. The summed E-state index contributed by atoms with van der Waals surface area (Å²) in [5.41, 5.74) is 1.97. The minimum Gasteiger partial charge on any atom is -0.452 e. The molecule has 1 aliphatic rings. The molecule has 0 radical (unpaired) electrons. The summed E-state index contributed by atoms with van der Waals surface area (Å²) in [4.78, 5) is 24.3. The van der Waals surface area contributed by atoms with Crippen molar-refractivity contribution in [2.24, 2.45) is 0 Å². The van der Waals surface area contributed by atoms with Crippen LogP contribution in [0.25, 0.3) is 6.08 Å². The lowest BCUT2D eigenvalue weighted by Gasteiger charge is -2.08. The zero-order chi connectivity index (χ0) is 18.1. The molecule has 0 saturated heterocycles. The van der Waals surface area contributed by atoms with Gasteiger partial charge >= 0.3 is 5.97 Å². The quantitative estimate of drug-likeness (QED) is 0.306. The zero-order valence-corrected chi connectivity index (χ0v) is 15.8. The fourth-order valence-electron chi connectivity index (χ4n) is 2.47. The SMILES string of the molecule is Cc1cc(OC(=O)C(C)Cl)cc2c1C(=O)/C(=C/c1ccccc1Br)O2. The smallest absolute Gasteiger partial charge is 0.329 e. The highest BCUT2D eigenvalue weighted by molar-refractivity contribution is 9.10. The van der Waals surface area contributed by atoms with Crippen molar-refractivity contribution >= 4 is 45.4 Å². The number of Topliss-reactive ketones (excluding diaryl/α,β-unsaturated/α-hetero) is 1. The Hall–Kier alpha value is -2.11. The minimum absolute atomic E-state index is 0.202. The first kappa shape index (κ1) is 17.7. The summed E-state index contributed by atoms with van der Waals surface area (Å²) in [6, 6.07) is 10.7. The van der Waals surface area contributed by atoms with Crippen LogP contribution in [0.3, 0.4) is 0 Å². The van der Waals surface area contributed by atoms with Crippen molar-refractivity contribution in [3.63, 3.8) is 0 Å². The number of rotatable bonds is 3. The molecule has 0 bridgehead atoms. The van der Waals surface area contributed by atoms with Crippen LogP contribution in [0.4, 0.5) is 0 Å². The van der Waals surface area contributed by atoms with Crippen LogP contribution in [0.1, 0.15) is 28.4 Å². The monoisotopic (exact) mass is 420 g/mol. The zero-order valence-electron chi connectivity index (χ0n) is 13.5. The number of ether oxygens (including phenoxy) is 2. The first-order chi connectivity index (χ1) is 11.9. The molecule has 0 fully saturated rings. The summed E-state index contributed by atoms with van der Waals surface area (Å²) >= 11 is 9.16. The number of hydrogen-bond acceptors (Lipinski definition) is 4. The predicted octanol–water partition coefficient (Wildman–Crippen LogP) is 4.91. The number of hydrogen-bond donors (Lipinski definition) is 0. The Morgan fingerprint density at radius 2 is 2.04 bits per heavy atom. The average molecular weight is 422 g/mol. The molecule has 2 aromatic rings. The van der Waals surface area contributed by atoms with Crippen molar-refractivity contribution in [1.82, 2.24) is 0 Å². The van der Waals surface area contributed by atoms with E-state index in [1.807, 2.05) is 24.3 Å². The Morgan fingerprint density at radius 1 is 1.32 bits per heavy atom. The van der Waals surface area contributed by atoms with Crippen LogP contribution >= 0.6 is 27.5 Å².